The average Bonchev–Trinajstić information content (AvgIpc) is 3.47. The van der Waals surface area contributed by atoms with E-state index in [2.05, 4.69) is 10.2 Å². The molecule has 4 heterocycles. The van der Waals surface area contributed by atoms with Crippen LogP contribution < -0.4 is 15.0 Å². The van der Waals surface area contributed by atoms with Gasteiger partial charge in [-0.15, -0.1) is 0 Å². The number of carbonyl (C=O) groups excluding carboxylic acids is 3. The van der Waals surface area contributed by atoms with Crippen LogP contribution in [0, 0.1) is 17.7 Å². The van der Waals surface area contributed by atoms with Gasteiger partial charge in [-0.3, -0.25) is 19.3 Å². The van der Waals surface area contributed by atoms with Gasteiger partial charge in [0.1, 0.15) is 17.1 Å². The monoisotopic (exact) mass is 421 g/mol. The maximum absolute atomic E-state index is 13.8. The molecule has 1 spiro atoms. The van der Waals surface area contributed by atoms with Crippen molar-refractivity contribution >= 4 is 29.1 Å². The van der Waals surface area contributed by atoms with Crippen LogP contribution in [0.3, 0.4) is 0 Å². The highest BCUT2D eigenvalue weighted by Crippen LogP contribution is 2.61. The number of hydrogen-bond donors (Lipinski definition) is 1. The van der Waals surface area contributed by atoms with Gasteiger partial charge in [-0.25, -0.2) is 9.29 Å². The van der Waals surface area contributed by atoms with Gasteiger partial charge in [0.15, 0.2) is 0 Å². The van der Waals surface area contributed by atoms with E-state index in [1.807, 2.05) is 0 Å². The van der Waals surface area contributed by atoms with Crippen LogP contribution in [0.4, 0.5) is 15.8 Å². The molecule has 0 aliphatic carbocycles. The van der Waals surface area contributed by atoms with E-state index in [0.29, 0.717) is 29.2 Å². The van der Waals surface area contributed by atoms with E-state index < -0.39 is 29.1 Å². The molecule has 0 aromatic heterocycles. The lowest BCUT2D eigenvalue weighted by Gasteiger charge is -2.36. The molecule has 3 fully saturated rings. The summed E-state index contributed by atoms with van der Waals surface area (Å²) >= 11 is 0. The Hall–Kier alpha value is -3.26. The Morgan fingerprint density at radius 1 is 1.10 bits per heavy atom. The Balaban J connectivity index is 1.55. The van der Waals surface area contributed by atoms with Gasteiger partial charge >= 0.3 is 0 Å². The number of hydrogen-bond acceptors (Lipinski definition) is 5. The Bertz CT molecular complexity index is 1150. The number of amides is 3. The molecule has 2 aromatic rings. The molecule has 6 rings (SSSR count). The predicted octanol–water partition coefficient (Wildman–Crippen LogP) is 2.27. The average molecular weight is 421 g/mol. The fourth-order valence-electron chi connectivity index (χ4n) is 6.15. The van der Waals surface area contributed by atoms with Crippen LogP contribution >= 0.6 is 0 Å². The molecular weight excluding hydrogens is 401 g/mol. The second kappa shape index (κ2) is 6.13. The molecule has 4 aliphatic rings. The van der Waals surface area contributed by atoms with Gasteiger partial charge in [0.25, 0.3) is 0 Å². The number of anilines is 2. The van der Waals surface area contributed by atoms with Crippen LogP contribution in [-0.4, -0.2) is 42.3 Å². The largest absolute Gasteiger partial charge is 0.497 e. The van der Waals surface area contributed by atoms with Crippen LogP contribution in [-0.2, 0) is 19.9 Å². The summed E-state index contributed by atoms with van der Waals surface area (Å²) in [5, 5.41) is 2.94. The van der Waals surface area contributed by atoms with Gasteiger partial charge in [0.05, 0.1) is 24.6 Å². The van der Waals surface area contributed by atoms with Crippen LogP contribution in [0.1, 0.15) is 18.4 Å². The number of ether oxygens (including phenoxy) is 1. The summed E-state index contributed by atoms with van der Waals surface area (Å²) in [5.41, 5.74) is 0.391. The van der Waals surface area contributed by atoms with Crippen molar-refractivity contribution in [2.24, 2.45) is 11.8 Å². The number of rotatable bonds is 2. The van der Waals surface area contributed by atoms with E-state index in [4.69, 9.17) is 4.74 Å². The molecule has 1 N–H and O–H groups in total. The van der Waals surface area contributed by atoms with Crippen molar-refractivity contribution in [2.75, 3.05) is 23.9 Å². The summed E-state index contributed by atoms with van der Waals surface area (Å²) in [6, 6.07) is 10.4. The maximum Gasteiger partial charge on any atom is 0.250 e. The first-order valence-electron chi connectivity index (χ1n) is 10.4. The first-order valence-corrected chi connectivity index (χ1v) is 10.4. The highest BCUT2D eigenvalue weighted by molar-refractivity contribution is 6.25. The zero-order chi connectivity index (χ0) is 21.5. The van der Waals surface area contributed by atoms with Crippen molar-refractivity contribution in [3.05, 3.63) is 53.8 Å². The number of benzene rings is 2. The molecule has 158 valence electrons. The van der Waals surface area contributed by atoms with Crippen molar-refractivity contribution in [1.82, 2.24) is 4.90 Å². The Morgan fingerprint density at radius 2 is 1.87 bits per heavy atom. The van der Waals surface area contributed by atoms with Crippen LogP contribution in [0.5, 0.6) is 5.75 Å². The smallest absolute Gasteiger partial charge is 0.250 e. The standard InChI is InChI=1S/C23H20FN3O4/c1-31-14-8-9-16-15(11-14)23(22(30)25-16)19-18(17-3-2-10-26(17)23)20(28)27(21(19)29)13-6-4-12(24)5-7-13/h4-9,11,17-19H,2-3,10H2,1H3,(H,25,30)/t17-,18-,19+,23-/m1/s1. The van der Waals surface area contributed by atoms with E-state index in [9.17, 15) is 18.8 Å². The number of fused-ring (bicyclic) bond motifs is 7. The van der Waals surface area contributed by atoms with Crippen LogP contribution in [0.25, 0.3) is 0 Å². The molecule has 4 atom stereocenters. The topological polar surface area (TPSA) is 79.0 Å². The van der Waals surface area contributed by atoms with Crippen LogP contribution in [0.15, 0.2) is 42.5 Å². The minimum absolute atomic E-state index is 0.199. The van der Waals surface area contributed by atoms with E-state index in [1.54, 1.807) is 25.3 Å². The number of carbonyl (C=O) groups is 3. The SMILES string of the molecule is COc1ccc2c(c1)[C@]1(C(=O)N2)[C@@H]2C(=O)N(c3ccc(F)cc3)C(=O)[C@@H]2[C@H]2CCCN21. The molecule has 0 unspecified atom stereocenters. The number of halogens is 1. The molecule has 4 aliphatic heterocycles. The second-order valence-corrected chi connectivity index (χ2v) is 8.53. The summed E-state index contributed by atoms with van der Waals surface area (Å²) in [5.74, 6) is -2.34. The number of nitrogens with zero attached hydrogens (tertiary/aromatic N) is 2. The summed E-state index contributed by atoms with van der Waals surface area (Å²) in [7, 11) is 1.55. The first-order chi connectivity index (χ1) is 15.0. The highest BCUT2D eigenvalue weighted by atomic mass is 19.1. The lowest BCUT2D eigenvalue weighted by atomic mass is 9.75. The summed E-state index contributed by atoms with van der Waals surface area (Å²) in [4.78, 5) is 44.0. The molecule has 0 bridgehead atoms. The zero-order valence-corrected chi connectivity index (χ0v) is 16.8. The fourth-order valence-corrected chi connectivity index (χ4v) is 6.15. The van der Waals surface area contributed by atoms with Gasteiger partial charge < -0.3 is 10.1 Å². The van der Waals surface area contributed by atoms with E-state index in [1.165, 1.54) is 24.3 Å². The van der Waals surface area contributed by atoms with Crippen molar-refractivity contribution in [3.8, 4) is 5.75 Å². The summed E-state index contributed by atoms with van der Waals surface area (Å²) in [6.45, 7) is 0.638. The van der Waals surface area contributed by atoms with Gasteiger partial charge in [-0.05, 0) is 61.9 Å². The van der Waals surface area contributed by atoms with Crippen molar-refractivity contribution in [3.63, 3.8) is 0 Å². The van der Waals surface area contributed by atoms with Gasteiger partial charge in [-0.1, -0.05) is 0 Å². The highest BCUT2D eigenvalue weighted by Gasteiger charge is 2.74. The lowest BCUT2D eigenvalue weighted by Crippen LogP contribution is -2.54. The third-order valence-electron chi connectivity index (χ3n) is 7.28. The van der Waals surface area contributed by atoms with Crippen molar-refractivity contribution in [1.29, 1.82) is 0 Å². The number of methoxy groups -OCH3 is 1. The van der Waals surface area contributed by atoms with Crippen molar-refractivity contribution in [2.45, 2.75) is 24.4 Å². The first kappa shape index (κ1) is 18.5. The Morgan fingerprint density at radius 3 is 2.61 bits per heavy atom. The minimum Gasteiger partial charge on any atom is -0.497 e. The molecular formula is C23H20FN3O4. The molecule has 31 heavy (non-hydrogen) atoms. The second-order valence-electron chi connectivity index (χ2n) is 8.53. The van der Waals surface area contributed by atoms with Gasteiger partial charge in [0, 0.05) is 17.3 Å². The molecule has 8 heteroatoms. The van der Waals surface area contributed by atoms with Crippen LogP contribution in [0.2, 0.25) is 0 Å². The zero-order valence-electron chi connectivity index (χ0n) is 16.8. The van der Waals surface area contributed by atoms with Crippen molar-refractivity contribution < 1.29 is 23.5 Å². The van der Waals surface area contributed by atoms with Gasteiger partial charge in [0.2, 0.25) is 17.7 Å². The van der Waals surface area contributed by atoms with E-state index in [0.717, 1.165) is 17.7 Å². The third-order valence-corrected chi connectivity index (χ3v) is 7.28. The van der Waals surface area contributed by atoms with E-state index >= 15 is 0 Å². The fraction of sp³-hybridized carbons (Fsp3) is 0.348. The molecule has 2 aromatic carbocycles. The molecule has 7 nitrogen and oxygen atoms in total. The quantitative estimate of drug-likeness (QED) is 0.753. The van der Waals surface area contributed by atoms with Gasteiger partial charge in [-0.2, -0.15) is 0 Å². The molecule has 3 amide bonds. The third kappa shape index (κ3) is 2.13. The lowest BCUT2D eigenvalue weighted by molar-refractivity contribution is -0.135. The molecule has 0 saturated carbocycles. The summed E-state index contributed by atoms with van der Waals surface area (Å²) < 4.78 is 18.8. The van der Waals surface area contributed by atoms with E-state index in [-0.39, 0.29) is 17.9 Å². The summed E-state index contributed by atoms with van der Waals surface area (Å²) in [6.07, 6.45) is 1.59. The molecule has 0 radical (unpaired) electrons. The number of nitrogens with one attached hydrogen (secondary N) is 1. The minimum atomic E-state index is -1.25. The molecule has 3 saturated heterocycles. The normalized spacial score (nSPS) is 31.2. The maximum atomic E-state index is 13.8. The number of imide groups is 1. The predicted molar refractivity (Wildman–Crippen MR) is 109 cm³/mol. The Kier molecular flexibility index (Phi) is 3.66. The Labute approximate surface area is 177 Å².